The van der Waals surface area contributed by atoms with Crippen molar-refractivity contribution in [2.45, 2.75) is 26.4 Å². The third-order valence-corrected chi connectivity index (χ3v) is 3.71. The molecule has 0 saturated heterocycles. The number of benzene rings is 2. The van der Waals surface area contributed by atoms with Gasteiger partial charge in [-0.3, -0.25) is 0 Å². The van der Waals surface area contributed by atoms with Crippen LogP contribution in [0.15, 0.2) is 42.5 Å². The Balaban J connectivity index is 1.86. The molecule has 0 bridgehead atoms. The van der Waals surface area contributed by atoms with Crippen LogP contribution in [0.5, 0.6) is 11.5 Å². The lowest BCUT2D eigenvalue weighted by atomic mass is 10.2. The van der Waals surface area contributed by atoms with Crippen molar-refractivity contribution in [3.05, 3.63) is 53.1 Å². The second-order valence-corrected chi connectivity index (χ2v) is 5.56. The molecule has 1 atom stereocenters. The van der Waals surface area contributed by atoms with Gasteiger partial charge in [0.05, 0.1) is 18.7 Å². The van der Waals surface area contributed by atoms with Crippen LogP contribution in [-0.4, -0.2) is 19.8 Å². The summed E-state index contributed by atoms with van der Waals surface area (Å²) in [6.07, 6.45) is 1.09. The van der Waals surface area contributed by atoms with Crippen molar-refractivity contribution in [1.29, 1.82) is 0 Å². The van der Waals surface area contributed by atoms with E-state index in [2.05, 4.69) is 24.4 Å². The highest BCUT2D eigenvalue weighted by molar-refractivity contribution is 6.32. The monoisotopic (exact) mass is 319 g/mol. The summed E-state index contributed by atoms with van der Waals surface area (Å²) in [6, 6.07) is 13.9. The van der Waals surface area contributed by atoms with Gasteiger partial charge in [0, 0.05) is 5.69 Å². The molecule has 4 heteroatoms. The summed E-state index contributed by atoms with van der Waals surface area (Å²) in [5, 5.41) is 3.91. The molecule has 0 aliphatic rings. The molecule has 0 amide bonds. The van der Waals surface area contributed by atoms with Gasteiger partial charge < -0.3 is 14.8 Å². The molecule has 22 heavy (non-hydrogen) atoms. The van der Waals surface area contributed by atoms with Gasteiger partial charge in [0.15, 0.2) is 0 Å². The van der Waals surface area contributed by atoms with Crippen LogP contribution in [0.2, 0.25) is 5.02 Å². The molecule has 0 saturated carbocycles. The Morgan fingerprint density at radius 2 is 1.86 bits per heavy atom. The Hall–Kier alpha value is -1.87. The van der Waals surface area contributed by atoms with Crippen LogP contribution < -0.4 is 14.8 Å². The first-order chi connectivity index (χ1) is 10.6. The van der Waals surface area contributed by atoms with Gasteiger partial charge in [0.2, 0.25) is 0 Å². The Morgan fingerprint density at radius 3 is 2.45 bits per heavy atom. The van der Waals surface area contributed by atoms with E-state index in [-0.39, 0.29) is 6.10 Å². The smallest absolute Gasteiger partial charge is 0.137 e. The van der Waals surface area contributed by atoms with Gasteiger partial charge in [0.25, 0.3) is 0 Å². The van der Waals surface area contributed by atoms with E-state index in [9.17, 15) is 0 Å². The number of halogens is 1. The van der Waals surface area contributed by atoms with Crippen molar-refractivity contribution in [1.82, 2.24) is 0 Å². The molecule has 2 aromatic rings. The highest BCUT2D eigenvalue weighted by atomic mass is 35.5. The quantitative estimate of drug-likeness (QED) is 0.796. The largest absolute Gasteiger partial charge is 0.495 e. The standard InChI is InChI=1S/C18H22ClNO2/c1-4-14-5-8-16(9-6-14)22-13(2)12-20-15-7-10-18(21-3)17(19)11-15/h5-11,13,20H,4,12H2,1-3H3. The first kappa shape index (κ1) is 16.5. The highest BCUT2D eigenvalue weighted by Gasteiger charge is 2.06. The molecule has 1 unspecified atom stereocenters. The van der Waals surface area contributed by atoms with E-state index in [1.165, 1.54) is 5.56 Å². The fourth-order valence-electron chi connectivity index (χ4n) is 2.12. The molecule has 0 aromatic heterocycles. The first-order valence-corrected chi connectivity index (χ1v) is 7.83. The third kappa shape index (κ3) is 4.57. The Kier molecular flexibility index (Phi) is 5.96. The van der Waals surface area contributed by atoms with Crippen molar-refractivity contribution in [2.75, 3.05) is 19.0 Å². The lowest BCUT2D eigenvalue weighted by Crippen LogP contribution is -2.22. The number of ether oxygens (including phenoxy) is 2. The van der Waals surface area contributed by atoms with Gasteiger partial charge in [-0.2, -0.15) is 0 Å². The second kappa shape index (κ2) is 7.95. The summed E-state index contributed by atoms with van der Waals surface area (Å²) >= 11 is 6.11. The van der Waals surface area contributed by atoms with Gasteiger partial charge in [-0.05, 0) is 49.2 Å². The minimum absolute atomic E-state index is 0.0494. The topological polar surface area (TPSA) is 30.5 Å². The number of aryl methyl sites for hydroxylation is 1. The molecule has 0 heterocycles. The van der Waals surface area contributed by atoms with Crippen molar-refractivity contribution in [2.24, 2.45) is 0 Å². The van der Waals surface area contributed by atoms with Crippen molar-refractivity contribution >= 4 is 17.3 Å². The summed E-state index contributed by atoms with van der Waals surface area (Å²) in [4.78, 5) is 0. The Bertz CT molecular complexity index is 599. The molecule has 2 aromatic carbocycles. The van der Waals surface area contributed by atoms with Crippen LogP contribution in [0, 0.1) is 0 Å². The molecule has 2 rings (SSSR count). The number of anilines is 1. The van der Waals surface area contributed by atoms with Crippen LogP contribution in [0.4, 0.5) is 5.69 Å². The number of methoxy groups -OCH3 is 1. The maximum absolute atomic E-state index is 6.11. The van der Waals surface area contributed by atoms with E-state index >= 15 is 0 Å². The van der Waals surface area contributed by atoms with Gasteiger partial charge in [0.1, 0.15) is 17.6 Å². The van der Waals surface area contributed by atoms with E-state index < -0.39 is 0 Å². The molecule has 3 nitrogen and oxygen atoms in total. The molecular formula is C18H22ClNO2. The summed E-state index contributed by atoms with van der Waals surface area (Å²) in [5.74, 6) is 1.56. The van der Waals surface area contributed by atoms with Crippen LogP contribution in [0.3, 0.4) is 0 Å². The second-order valence-electron chi connectivity index (χ2n) is 5.16. The van der Waals surface area contributed by atoms with Gasteiger partial charge in [-0.25, -0.2) is 0 Å². The predicted molar refractivity (Wildman–Crippen MR) is 92.4 cm³/mol. The minimum atomic E-state index is 0.0494. The number of rotatable bonds is 7. The van der Waals surface area contributed by atoms with Crippen LogP contribution >= 0.6 is 11.6 Å². The normalized spacial score (nSPS) is 11.8. The molecule has 118 valence electrons. The molecule has 1 N–H and O–H groups in total. The van der Waals surface area contributed by atoms with Crippen molar-refractivity contribution < 1.29 is 9.47 Å². The van der Waals surface area contributed by atoms with Crippen LogP contribution in [-0.2, 0) is 6.42 Å². The Morgan fingerprint density at radius 1 is 1.14 bits per heavy atom. The minimum Gasteiger partial charge on any atom is -0.495 e. The van der Waals surface area contributed by atoms with Crippen molar-refractivity contribution in [3.8, 4) is 11.5 Å². The molecule has 0 radical (unpaired) electrons. The predicted octanol–water partition coefficient (Wildman–Crippen LogP) is 4.79. The fourth-order valence-corrected chi connectivity index (χ4v) is 2.37. The van der Waals surface area contributed by atoms with E-state index in [0.29, 0.717) is 17.3 Å². The summed E-state index contributed by atoms with van der Waals surface area (Å²) in [5.41, 5.74) is 2.26. The van der Waals surface area contributed by atoms with E-state index in [0.717, 1.165) is 17.9 Å². The Labute approximate surface area is 137 Å². The zero-order chi connectivity index (χ0) is 15.9. The molecule has 0 fully saturated rings. The number of hydrogen-bond acceptors (Lipinski definition) is 3. The molecule has 0 spiro atoms. The number of nitrogens with one attached hydrogen (secondary N) is 1. The molecule has 0 aliphatic heterocycles. The average molecular weight is 320 g/mol. The average Bonchev–Trinajstić information content (AvgIpc) is 2.54. The van der Waals surface area contributed by atoms with Gasteiger partial charge in [-0.15, -0.1) is 0 Å². The van der Waals surface area contributed by atoms with Gasteiger partial charge in [-0.1, -0.05) is 30.7 Å². The van der Waals surface area contributed by atoms with Crippen molar-refractivity contribution in [3.63, 3.8) is 0 Å². The first-order valence-electron chi connectivity index (χ1n) is 7.45. The molecular weight excluding hydrogens is 298 g/mol. The van der Waals surface area contributed by atoms with Crippen LogP contribution in [0.1, 0.15) is 19.4 Å². The maximum Gasteiger partial charge on any atom is 0.137 e. The number of hydrogen-bond donors (Lipinski definition) is 1. The third-order valence-electron chi connectivity index (χ3n) is 3.41. The lowest BCUT2D eigenvalue weighted by Gasteiger charge is -2.17. The van der Waals surface area contributed by atoms with Gasteiger partial charge >= 0.3 is 0 Å². The van der Waals surface area contributed by atoms with E-state index in [4.69, 9.17) is 21.1 Å². The molecule has 0 aliphatic carbocycles. The lowest BCUT2D eigenvalue weighted by molar-refractivity contribution is 0.234. The summed E-state index contributed by atoms with van der Waals surface area (Å²) in [6.45, 7) is 4.87. The SMILES string of the molecule is CCc1ccc(OC(C)CNc2ccc(OC)c(Cl)c2)cc1. The summed E-state index contributed by atoms with van der Waals surface area (Å²) in [7, 11) is 1.61. The zero-order valence-electron chi connectivity index (χ0n) is 13.2. The maximum atomic E-state index is 6.11. The van der Waals surface area contributed by atoms with Crippen LogP contribution in [0.25, 0.3) is 0 Å². The summed E-state index contributed by atoms with van der Waals surface area (Å²) < 4.78 is 11.0. The highest BCUT2D eigenvalue weighted by Crippen LogP contribution is 2.27. The zero-order valence-corrected chi connectivity index (χ0v) is 14.0. The van der Waals surface area contributed by atoms with E-state index in [1.807, 2.05) is 37.3 Å². The van der Waals surface area contributed by atoms with E-state index in [1.54, 1.807) is 7.11 Å². The fraction of sp³-hybridized carbons (Fsp3) is 0.333.